The molecule has 1 aromatic carbocycles. The summed E-state index contributed by atoms with van der Waals surface area (Å²) in [5, 5.41) is 3.18. The normalized spacial score (nSPS) is 20.7. The third-order valence-electron chi connectivity index (χ3n) is 6.67. The van der Waals surface area contributed by atoms with Gasteiger partial charge in [-0.1, -0.05) is 36.8 Å². The predicted molar refractivity (Wildman–Crippen MR) is 120 cm³/mol. The molecule has 0 spiro atoms. The third kappa shape index (κ3) is 5.97. The van der Waals surface area contributed by atoms with E-state index in [1.165, 1.54) is 18.4 Å². The standard InChI is InChI=1S/C24H38N4O2/c1-3-26(4-2)23(29)21-13-16-27(17-14-21)24(30)25-18-22-12-8-9-15-28(22)19-20-10-6-5-7-11-20/h5-7,10-11,21-22H,3-4,8-9,12-19H2,1-2H3,(H,25,30). The van der Waals surface area contributed by atoms with Gasteiger partial charge in [0.2, 0.25) is 5.91 Å². The number of amides is 3. The van der Waals surface area contributed by atoms with E-state index in [9.17, 15) is 9.59 Å². The van der Waals surface area contributed by atoms with Gasteiger partial charge in [-0.15, -0.1) is 0 Å². The van der Waals surface area contributed by atoms with Crippen molar-refractivity contribution >= 4 is 11.9 Å². The highest BCUT2D eigenvalue weighted by Crippen LogP contribution is 2.21. The van der Waals surface area contributed by atoms with Gasteiger partial charge in [-0.3, -0.25) is 9.69 Å². The van der Waals surface area contributed by atoms with Gasteiger partial charge >= 0.3 is 6.03 Å². The van der Waals surface area contributed by atoms with Crippen LogP contribution in [0.4, 0.5) is 4.79 Å². The largest absolute Gasteiger partial charge is 0.343 e. The average molecular weight is 415 g/mol. The van der Waals surface area contributed by atoms with Crippen LogP contribution in [-0.2, 0) is 11.3 Å². The quantitative estimate of drug-likeness (QED) is 0.745. The number of carbonyl (C=O) groups excluding carboxylic acids is 2. The summed E-state index contributed by atoms with van der Waals surface area (Å²) in [5.74, 6) is 0.312. The number of rotatable bonds is 7. The van der Waals surface area contributed by atoms with Gasteiger partial charge in [0.05, 0.1) is 0 Å². The van der Waals surface area contributed by atoms with Crippen LogP contribution in [0.5, 0.6) is 0 Å². The zero-order chi connectivity index (χ0) is 21.3. The summed E-state index contributed by atoms with van der Waals surface area (Å²) in [6, 6.07) is 11.0. The number of benzene rings is 1. The van der Waals surface area contributed by atoms with E-state index in [2.05, 4.69) is 40.5 Å². The fraction of sp³-hybridized carbons (Fsp3) is 0.667. The highest BCUT2D eigenvalue weighted by molar-refractivity contribution is 5.79. The van der Waals surface area contributed by atoms with Crippen molar-refractivity contribution in [2.75, 3.05) is 39.3 Å². The molecule has 1 N–H and O–H groups in total. The second-order valence-corrected chi connectivity index (χ2v) is 8.56. The highest BCUT2D eigenvalue weighted by atomic mass is 16.2. The Kier molecular flexibility index (Phi) is 8.55. The first-order valence-electron chi connectivity index (χ1n) is 11.7. The van der Waals surface area contributed by atoms with Gasteiger partial charge in [-0.05, 0) is 51.6 Å². The molecule has 2 saturated heterocycles. The van der Waals surface area contributed by atoms with Crippen molar-refractivity contribution in [1.29, 1.82) is 0 Å². The molecule has 6 heteroatoms. The lowest BCUT2D eigenvalue weighted by molar-refractivity contribution is -0.136. The number of nitrogens with zero attached hydrogens (tertiary/aromatic N) is 3. The van der Waals surface area contributed by atoms with Crippen molar-refractivity contribution in [2.24, 2.45) is 5.92 Å². The van der Waals surface area contributed by atoms with Crippen molar-refractivity contribution in [2.45, 2.75) is 58.5 Å². The molecule has 0 aromatic heterocycles. The number of hydrogen-bond donors (Lipinski definition) is 1. The van der Waals surface area contributed by atoms with Crippen molar-refractivity contribution in [3.63, 3.8) is 0 Å². The lowest BCUT2D eigenvalue weighted by atomic mass is 9.95. The number of nitrogens with one attached hydrogen (secondary N) is 1. The maximum Gasteiger partial charge on any atom is 0.317 e. The van der Waals surface area contributed by atoms with Gasteiger partial charge in [0.25, 0.3) is 0 Å². The second-order valence-electron chi connectivity index (χ2n) is 8.56. The molecule has 30 heavy (non-hydrogen) atoms. The van der Waals surface area contributed by atoms with Crippen molar-refractivity contribution < 1.29 is 9.59 Å². The number of urea groups is 1. The molecule has 6 nitrogen and oxygen atoms in total. The molecule has 2 aliphatic rings. The molecule has 3 amide bonds. The first kappa shape index (κ1) is 22.6. The summed E-state index contributed by atoms with van der Waals surface area (Å²) in [6.07, 6.45) is 5.13. The van der Waals surface area contributed by atoms with E-state index in [0.29, 0.717) is 25.7 Å². The Labute approximate surface area is 181 Å². The monoisotopic (exact) mass is 414 g/mol. The van der Waals surface area contributed by atoms with Crippen LogP contribution in [-0.4, -0.2) is 71.9 Å². The number of hydrogen-bond acceptors (Lipinski definition) is 3. The van der Waals surface area contributed by atoms with Crippen molar-refractivity contribution in [1.82, 2.24) is 20.0 Å². The Morgan fingerprint density at radius 1 is 1.00 bits per heavy atom. The summed E-state index contributed by atoms with van der Waals surface area (Å²) in [5.41, 5.74) is 1.33. The van der Waals surface area contributed by atoms with Crippen LogP contribution in [0.15, 0.2) is 30.3 Å². The van der Waals surface area contributed by atoms with E-state index in [1.54, 1.807) is 0 Å². The van der Waals surface area contributed by atoms with Crippen LogP contribution in [0.1, 0.15) is 51.5 Å². The molecule has 0 radical (unpaired) electrons. The van der Waals surface area contributed by atoms with Crippen LogP contribution in [0.25, 0.3) is 0 Å². The van der Waals surface area contributed by atoms with E-state index < -0.39 is 0 Å². The summed E-state index contributed by atoms with van der Waals surface area (Å²) in [6.45, 7) is 9.64. The SMILES string of the molecule is CCN(CC)C(=O)C1CCN(C(=O)NCC2CCCCN2Cc2ccccc2)CC1. The molecule has 3 rings (SSSR count). The van der Waals surface area contributed by atoms with E-state index in [-0.39, 0.29) is 17.9 Å². The molecular weight excluding hydrogens is 376 g/mol. The molecule has 2 aliphatic heterocycles. The second kappa shape index (κ2) is 11.3. The van der Waals surface area contributed by atoms with Crippen LogP contribution in [0.2, 0.25) is 0 Å². The van der Waals surface area contributed by atoms with Crippen LogP contribution >= 0.6 is 0 Å². The molecule has 2 heterocycles. The molecule has 1 atom stereocenters. The summed E-state index contributed by atoms with van der Waals surface area (Å²) in [7, 11) is 0. The minimum atomic E-state index is 0.0222. The Bertz CT molecular complexity index is 669. The molecule has 166 valence electrons. The lowest BCUT2D eigenvalue weighted by Crippen LogP contribution is -2.51. The number of likely N-dealkylation sites (tertiary alicyclic amines) is 2. The molecular formula is C24H38N4O2. The molecule has 0 aliphatic carbocycles. The molecule has 0 saturated carbocycles. The van der Waals surface area contributed by atoms with Crippen LogP contribution in [0.3, 0.4) is 0 Å². The Balaban J connectivity index is 1.45. The number of piperidine rings is 2. The lowest BCUT2D eigenvalue weighted by Gasteiger charge is -2.37. The van der Waals surface area contributed by atoms with Gasteiger partial charge in [0.1, 0.15) is 0 Å². The fourth-order valence-corrected chi connectivity index (χ4v) is 4.76. The summed E-state index contributed by atoms with van der Waals surface area (Å²) >= 11 is 0. The third-order valence-corrected chi connectivity index (χ3v) is 6.67. The Morgan fingerprint density at radius 2 is 1.70 bits per heavy atom. The summed E-state index contributed by atoms with van der Waals surface area (Å²) < 4.78 is 0. The van der Waals surface area contributed by atoms with Gasteiger partial charge in [0, 0.05) is 51.2 Å². The molecule has 1 aromatic rings. The van der Waals surface area contributed by atoms with Crippen molar-refractivity contribution in [3.8, 4) is 0 Å². The maximum atomic E-state index is 12.7. The first-order valence-corrected chi connectivity index (χ1v) is 11.7. The van der Waals surface area contributed by atoms with E-state index in [4.69, 9.17) is 0 Å². The summed E-state index contributed by atoms with van der Waals surface area (Å²) in [4.78, 5) is 31.6. The molecule has 0 bridgehead atoms. The molecule has 2 fully saturated rings. The zero-order valence-electron chi connectivity index (χ0n) is 18.7. The van der Waals surface area contributed by atoms with Gasteiger partial charge in [-0.2, -0.15) is 0 Å². The topological polar surface area (TPSA) is 55.9 Å². The highest BCUT2D eigenvalue weighted by Gasteiger charge is 2.30. The van der Waals surface area contributed by atoms with Gasteiger partial charge < -0.3 is 15.1 Å². The van der Waals surface area contributed by atoms with E-state index in [1.807, 2.05) is 23.6 Å². The fourth-order valence-electron chi connectivity index (χ4n) is 4.76. The first-order chi connectivity index (χ1) is 14.6. The van der Waals surface area contributed by atoms with Crippen LogP contribution in [0, 0.1) is 5.92 Å². The Hall–Kier alpha value is -2.08. The zero-order valence-corrected chi connectivity index (χ0v) is 18.7. The average Bonchev–Trinajstić information content (AvgIpc) is 2.80. The van der Waals surface area contributed by atoms with Gasteiger partial charge in [-0.25, -0.2) is 4.79 Å². The van der Waals surface area contributed by atoms with Crippen LogP contribution < -0.4 is 5.32 Å². The predicted octanol–water partition coefficient (Wildman–Crippen LogP) is 3.33. The molecule has 1 unspecified atom stereocenters. The Morgan fingerprint density at radius 3 is 2.37 bits per heavy atom. The number of carbonyl (C=O) groups is 2. The van der Waals surface area contributed by atoms with E-state index >= 15 is 0 Å². The smallest absolute Gasteiger partial charge is 0.317 e. The maximum absolute atomic E-state index is 12.7. The minimum absolute atomic E-state index is 0.0222. The minimum Gasteiger partial charge on any atom is -0.343 e. The van der Waals surface area contributed by atoms with E-state index in [0.717, 1.165) is 45.4 Å². The van der Waals surface area contributed by atoms with Gasteiger partial charge in [0.15, 0.2) is 0 Å². The van der Waals surface area contributed by atoms with Crippen molar-refractivity contribution in [3.05, 3.63) is 35.9 Å².